The van der Waals surface area contributed by atoms with Crippen molar-refractivity contribution in [2.45, 2.75) is 52.6 Å². The number of aryl methyl sites for hydroxylation is 2. The first-order valence-electron chi connectivity index (χ1n) is 10.3. The van der Waals surface area contributed by atoms with Gasteiger partial charge in [-0.15, -0.1) is 11.3 Å². The van der Waals surface area contributed by atoms with Gasteiger partial charge in [0.1, 0.15) is 11.4 Å². The number of amides is 1. The van der Waals surface area contributed by atoms with Gasteiger partial charge in [0.05, 0.1) is 11.7 Å². The maximum atomic E-state index is 13.1. The highest BCUT2D eigenvalue weighted by Crippen LogP contribution is 2.35. The molecule has 6 heteroatoms. The zero-order valence-corrected chi connectivity index (χ0v) is 18.1. The number of likely N-dealkylation sites (N-methyl/N-ethyl adjacent to an activating group) is 1. The number of rotatable bonds is 5. The van der Waals surface area contributed by atoms with Crippen LogP contribution in [0.25, 0.3) is 10.2 Å². The van der Waals surface area contributed by atoms with E-state index in [2.05, 4.69) is 43.1 Å². The minimum Gasteiger partial charge on any atom is -0.340 e. The Kier molecular flexibility index (Phi) is 5.54. The number of nitrogens with zero attached hydrogens (tertiary/aromatic N) is 3. The molecule has 152 valence electrons. The van der Waals surface area contributed by atoms with Gasteiger partial charge in [0.25, 0.3) is 5.56 Å². The van der Waals surface area contributed by atoms with Crippen LogP contribution < -0.4 is 5.56 Å². The number of fused-ring (bicyclic) bond motifs is 3. The van der Waals surface area contributed by atoms with Crippen LogP contribution in [0.3, 0.4) is 0 Å². The Hall–Kier alpha value is -2.47. The van der Waals surface area contributed by atoms with E-state index in [0.29, 0.717) is 12.5 Å². The topological polar surface area (TPSA) is 55.2 Å². The predicted octanol–water partition coefficient (Wildman–Crippen LogP) is 3.80. The Morgan fingerprint density at radius 3 is 2.72 bits per heavy atom. The number of benzene rings is 1. The van der Waals surface area contributed by atoms with Crippen LogP contribution in [0.2, 0.25) is 0 Å². The lowest BCUT2D eigenvalue weighted by Crippen LogP contribution is -2.33. The fourth-order valence-electron chi connectivity index (χ4n) is 3.99. The van der Waals surface area contributed by atoms with Gasteiger partial charge in [-0.1, -0.05) is 38.1 Å². The maximum absolute atomic E-state index is 13.1. The first-order chi connectivity index (χ1) is 14.0. The molecule has 0 saturated carbocycles. The Morgan fingerprint density at radius 2 is 2.00 bits per heavy atom. The van der Waals surface area contributed by atoms with Gasteiger partial charge in [0, 0.05) is 18.5 Å². The molecule has 29 heavy (non-hydrogen) atoms. The van der Waals surface area contributed by atoms with Crippen molar-refractivity contribution >= 4 is 27.5 Å². The summed E-state index contributed by atoms with van der Waals surface area (Å²) in [5.41, 5.74) is 3.44. The van der Waals surface area contributed by atoms with Crippen molar-refractivity contribution < 1.29 is 4.79 Å². The Labute approximate surface area is 175 Å². The molecule has 2 heterocycles. The molecular weight excluding hydrogens is 382 g/mol. The smallest absolute Gasteiger partial charge is 0.262 e. The standard InChI is InChI=1S/C23H27N3O2S/c1-4-16-6-8-17(9-7-16)12-25(3)20(27)13-26-14-24-22-21(23(26)28)18-10-5-15(2)11-19(18)29-22/h6-9,14-15H,4-5,10-13H2,1-3H3. The SMILES string of the molecule is CCc1ccc(CN(C)C(=O)Cn2cnc3sc4c(c3c2=O)CCC(C)C4)cc1. The molecule has 0 bridgehead atoms. The van der Waals surface area contributed by atoms with Gasteiger partial charge < -0.3 is 4.90 Å². The summed E-state index contributed by atoms with van der Waals surface area (Å²) in [6.45, 7) is 4.92. The van der Waals surface area contributed by atoms with Crippen LogP contribution in [0.1, 0.15) is 41.8 Å². The normalized spacial score (nSPS) is 16.0. The van der Waals surface area contributed by atoms with Crippen molar-refractivity contribution in [3.8, 4) is 0 Å². The quantitative estimate of drug-likeness (QED) is 0.644. The van der Waals surface area contributed by atoms with E-state index in [0.717, 1.165) is 47.0 Å². The molecule has 0 aliphatic heterocycles. The van der Waals surface area contributed by atoms with Crippen LogP contribution in [0, 0.1) is 5.92 Å². The van der Waals surface area contributed by atoms with Crippen LogP contribution in [0.4, 0.5) is 0 Å². The monoisotopic (exact) mass is 409 g/mol. The first kappa shape index (κ1) is 19.8. The second-order valence-electron chi connectivity index (χ2n) is 8.13. The Balaban J connectivity index is 1.53. The van der Waals surface area contributed by atoms with Crippen molar-refractivity contribution in [1.29, 1.82) is 0 Å². The number of carbonyl (C=O) groups excluding carboxylic acids is 1. The highest BCUT2D eigenvalue weighted by molar-refractivity contribution is 7.18. The minimum absolute atomic E-state index is 0.0202. The predicted molar refractivity (Wildman–Crippen MR) is 117 cm³/mol. The molecule has 5 nitrogen and oxygen atoms in total. The van der Waals surface area contributed by atoms with Crippen molar-refractivity contribution in [3.63, 3.8) is 0 Å². The van der Waals surface area contributed by atoms with Crippen LogP contribution in [0.5, 0.6) is 0 Å². The second-order valence-corrected chi connectivity index (χ2v) is 9.21. The average Bonchev–Trinajstić information content (AvgIpc) is 3.08. The van der Waals surface area contributed by atoms with Crippen molar-refractivity contribution in [2.24, 2.45) is 5.92 Å². The zero-order chi connectivity index (χ0) is 20.5. The largest absolute Gasteiger partial charge is 0.340 e. The van der Waals surface area contributed by atoms with E-state index in [1.165, 1.54) is 21.3 Å². The molecule has 1 aliphatic rings. The van der Waals surface area contributed by atoms with Gasteiger partial charge in [-0.2, -0.15) is 0 Å². The fourth-order valence-corrected chi connectivity index (χ4v) is 5.33. The van der Waals surface area contributed by atoms with E-state index in [4.69, 9.17) is 0 Å². The van der Waals surface area contributed by atoms with E-state index in [1.54, 1.807) is 23.3 Å². The number of hydrogen-bond donors (Lipinski definition) is 0. The van der Waals surface area contributed by atoms with E-state index < -0.39 is 0 Å². The summed E-state index contributed by atoms with van der Waals surface area (Å²) >= 11 is 1.64. The molecule has 1 amide bonds. The lowest BCUT2D eigenvalue weighted by molar-refractivity contribution is -0.131. The molecule has 0 N–H and O–H groups in total. The van der Waals surface area contributed by atoms with Gasteiger partial charge in [0.2, 0.25) is 5.91 Å². The third kappa shape index (κ3) is 3.99. The molecule has 0 saturated heterocycles. The number of carbonyl (C=O) groups is 1. The van der Waals surface area contributed by atoms with Crippen molar-refractivity contribution in [2.75, 3.05) is 7.05 Å². The summed E-state index contributed by atoms with van der Waals surface area (Å²) in [7, 11) is 1.78. The number of thiophene rings is 1. The fraction of sp³-hybridized carbons (Fsp3) is 0.435. The van der Waals surface area contributed by atoms with E-state index >= 15 is 0 Å². The van der Waals surface area contributed by atoms with Gasteiger partial charge >= 0.3 is 0 Å². The van der Waals surface area contributed by atoms with Crippen LogP contribution in [0.15, 0.2) is 35.4 Å². The summed E-state index contributed by atoms with van der Waals surface area (Å²) in [5, 5.41) is 0.727. The Bertz CT molecular complexity index is 1100. The van der Waals surface area contributed by atoms with Gasteiger partial charge in [-0.25, -0.2) is 4.98 Å². The minimum atomic E-state index is -0.0921. The molecule has 0 radical (unpaired) electrons. The molecule has 1 atom stereocenters. The molecule has 1 unspecified atom stereocenters. The maximum Gasteiger partial charge on any atom is 0.262 e. The summed E-state index contributed by atoms with van der Waals surface area (Å²) in [5.74, 6) is 0.560. The molecular formula is C23H27N3O2S. The summed E-state index contributed by atoms with van der Waals surface area (Å²) in [6, 6.07) is 8.30. The molecule has 4 rings (SSSR count). The van der Waals surface area contributed by atoms with E-state index in [1.807, 2.05) is 0 Å². The number of aromatic nitrogens is 2. The van der Waals surface area contributed by atoms with Crippen molar-refractivity contribution in [3.05, 3.63) is 62.5 Å². The molecule has 3 aromatic rings. The molecule has 2 aromatic heterocycles. The molecule has 1 aliphatic carbocycles. The van der Waals surface area contributed by atoms with Crippen LogP contribution >= 0.6 is 11.3 Å². The first-order valence-corrected chi connectivity index (χ1v) is 11.1. The zero-order valence-electron chi connectivity index (χ0n) is 17.3. The summed E-state index contributed by atoms with van der Waals surface area (Å²) in [4.78, 5) is 34.1. The van der Waals surface area contributed by atoms with Gasteiger partial charge in [0.15, 0.2) is 0 Å². The average molecular weight is 410 g/mol. The second kappa shape index (κ2) is 8.11. The lowest BCUT2D eigenvalue weighted by atomic mass is 9.89. The number of hydrogen-bond acceptors (Lipinski definition) is 4. The molecule has 1 aromatic carbocycles. The summed E-state index contributed by atoms with van der Waals surface area (Å²) < 4.78 is 1.46. The summed E-state index contributed by atoms with van der Waals surface area (Å²) in [6.07, 6.45) is 5.58. The highest BCUT2D eigenvalue weighted by atomic mass is 32.1. The van der Waals surface area contributed by atoms with Crippen LogP contribution in [-0.2, 0) is 37.1 Å². The molecule has 0 fully saturated rings. The van der Waals surface area contributed by atoms with E-state index in [9.17, 15) is 9.59 Å². The van der Waals surface area contributed by atoms with Crippen LogP contribution in [-0.4, -0.2) is 27.4 Å². The molecule has 0 spiro atoms. The Morgan fingerprint density at radius 1 is 1.28 bits per heavy atom. The third-order valence-corrected chi connectivity index (χ3v) is 7.03. The van der Waals surface area contributed by atoms with E-state index in [-0.39, 0.29) is 18.0 Å². The van der Waals surface area contributed by atoms with Crippen molar-refractivity contribution in [1.82, 2.24) is 14.5 Å². The van der Waals surface area contributed by atoms with Gasteiger partial charge in [-0.3, -0.25) is 14.2 Å². The lowest BCUT2D eigenvalue weighted by Gasteiger charge is -2.19. The third-order valence-electron chi connectivity index (χ3n) is 5.86. The highest BCUT2D eigenvalue weighted by Gasteiger charge is 2.23. The van der Waals surface area contributed by atoms with Gasteiger partial charge in [-0.05, 0) is 48.3 Å².